The zero-order valence-electron chi connectivity index (χ0n) is 14.5. The number of halogens is 2. The van der Waals surface area contributed by atoms with Crippen LogP contribution in [0.15, 0.2) is 36.4 Å². The average molecular weight is 504 g/mol. The van der Waals surface area contributed by atoms with Crippen molar-refractivity contribution in [2.45, 2.75) is 6.04 Å². The molecule has 0 saturated carbocycles. The second kappa shape index (κ2) is 9.77. The van der Waals surface area contributed by atoms with Crippen LogP contribution in [0.2, 0.25) is 5.02 Å². The molecule has 0 amide bonds. The van der Waals surface area contributed by atoms with Crippen molar-refractivity contribution in [1.82, 2.24) is 0 Å². The molecule has 5 N–H and O–H groups in total. The van der Waals surface area contributed by atoms with Crippen LogP contribution in [0.4, 0.5) is 5.69 Å². The fourth-order valence-electron chi connectivity index (χ4n) is 2.39. The molecule has 0 radical (unpaired) electrons. The number of hydrogen-bond donors (Lipinski definition) is 4. The molecule has 1 atom stereocenters. The Labute approximate surface area is 175 Å². The number of anilines is 1. The quantitative estimate of drug-likeness (QED) is 0.190. The fourth-order valence-corrected chi connectivity index (χ4v) is 3.60. The van der Waals surface area contributed by atoms with Crippen LogP contribution in [0.3, 0.4) is 0 Å². The maximum atomic E-state index is 12.5. The number of aliphatic hydroxyl groups excluding tert-OH is 1. The Morgan fingerprint density at radius 3 is 2.59 bits per heavy atom. The maximum Gasteiger partial charge on any atom is 0.333 e. The number of carbonyl (C=O) groups excluding carboxylic acids is 1. The zero-order valence-corrected chi connectivity index (χ0v) is 17.4. The molecule has 0 spiro atoms. The van der Waals surface area contributed by atoms with Gasteiger partial charge in [0.05, 0.1) is 17.3 Å². The smallest absolute Gasteiger partial charge is 0.333 e. The highest BCUT2D eigenvalue weighted by atomic mass is 127. The van der Waals surface area contributed by atoms with E-state index in [4.69, 9.17) is 37.3 Å². The topological polar surface area (TPSA) is 118 Å². The first-order valence-corrected chi connectivity index (χ1v) is 9.34. The molecule has 0 aromatic heterocycles. The van der Waals surface area contributed by atoms with Crippen molar-refractivity contribution in [2.24, 2.45) is 5.73 Å². The molecule has 0 saturated heterocycles. The molecular weight excluding hydrogens is 485 g/mol. The summed E-state index contributed by atoms with van der Waals surface area (Å²) in [5, 5.41) is 20.1. The number of amidine groups is 1. The summed E-state index contributed by atoms with van der Waals surface area (Å²) in [5.41, 5.74) is 7.14. The summed E-state index contributed by atoms with van der Waals surface area (Å²) in [7, 11) is 1.29. The Kier molecular flexibility index (Phi) is 7.69. The first-order valence-electron chi connectivity index (χ1n) is 7.88. The van der Waals surface area contributed by atoms with Crippen LogP contribution in [0.1, 0.15) is 17.2 Å². The number of nitrogens with one attached hydrogen (secondary N) is 2. The van der Waals surface area contributed by atoms with E-state index in [9.17, 15) is 4.79 Å². The lowest BCUT2D eigenvalue weighted by molar-refractivity contribution is -0.141. The largest absolute Gasteiger partial charge is 0.490 e. The van der Waals surface area contributed by atoms with Crippen LogP contribution >= 0.6 is 34.2 Å². The Hall–Kier alpha value is -2.04. The number of esters is 1. The van der Waals surface area contributed by atoms with E-state index in [-0.39, 0.29) is 19.0 Å². The number of rotatable bonds is 8. The number of nitrogens with two attached hydrogens (primary N) is 1. The molecular formula is C18H19ClIN3O4. The van der Waals surface area contributed by atoms with E-state index in [1.54, 1.807) is 36.4 Å². The van der Waals surface area contributed by atoms with Gasteiger partial charge in [-0.2, -0.15) is 0 Å². The summed E-state index contributed by atoms with van der Waals surface area (Å²) in [6, 6.07) is 9.18. The third-order valence-electron chi connectivity index (χ3n) is 3.63. The molecule has 7 nitrogen and oxygen atoms in total. The fraction of sp³-hybridized carbons (Fsp3) is 0.222. The zero-order chi connectivity index (χ0) is 20.0. The van der Waals surface area contributed by atoms with Crippen molar-refractivity contribution in [3.63, 3.8) is 0 Å². The monoisotopic (exact) mass is 503 g/mol. The molecule has 9 heteroatoms. The van der Waals surface area contributed by atoms with Gasteiger partial charge < -0.3 is 25.6 Å². The number of ether oxygens (including phenoxy) is 2. The third-order valence-corrected chi connectivity index (χ3v) is 4.65. The van der Waals surface area contributed by atoms with E-state index in [1.807, 2.05) is 0 Å². The summed E-state index contributed by atoms with van der Waals surface area (Å²) >= 11 is 8.23. The molecule has 0 aliphatic carbocycles. The van der Waals surface area contributed by atoms with Gasteiger partial charge in [0.15, 0.2) is 6.04 Å². The van der Waals surface area contributed by atoms with Gasteiger partial charge in [-0.1, -0.05) is 11.6 Å². The normalized spacial score (nSPS) is 11.6. The van der Waals surface area contributed by atoms with E-state index >= 15 is 0 Å². The second-order valence-electron chi connectivity index (χ2n) is 5.47. The Morgan fingerprint density at radius 2 is 2.04 bits per heavy atom. The molecule has 27 heavy (non-hydrogen) atoms. The standard InChI is InChI=1S/C18H19ClIN3O4/c1-26-18(25)15(23-12-4-2-10(3-5-12)17(21)22)13-8-11(19)9-14(20)16(13)27-7-6-24/h2-5,8-9,15,23-24H,6-7H2,1H3,(H3,21,22). The SMILES string of the molecule is COC(=O)C(Nc1ccc(C(=N)N)cc1)c1cc(Cl)cc(I)c1OCCO. The van der Waals surface area contributed by atoms with Gasteiger partial charge in [0.2, 0.25) is 0 Å². The van der Waals surface area contributed by atoms with Gasteiger partial charge in [0, 0.05) is 21.8 Å². The van der Waals surface area contributed by atoms with Crippen LogP contribution in [0.25, 0.3) is 0 Å². The van der Waals surface area contributed by atoms with E-state index < -0.39 is 12.0 Å². The molecule has 0 fully saturated rings. The highest BCUT2D eigenvalue weighted by molar-refractivity contribution is 14.1. The van der Waals surface area contributed by atoms with E-state index in [1.165, 1.54) is 7.11 Å². The summed E-state index contributed by atoms with van der Waals surface area (Å²) in [4.78, 5) is 12.5. The van der Waals surface area contributed by atoms with Crippen molar-refractivity contribution >= 4 is 51.7 Å². The van der Waals surface area contributed by atoms with Gasteiger partial charge >= 0.3 is 5.97 Å². The predicted octanol–water partition coefficient (Wildman–Crippen LogP) is 2.93. The van der Waals surface area contributed by atoms with Gasteiger partial charge in [-0.3, -0.25) is 5.41 Å². The highest BCUT2D eigenvalue weighted by Gasteiger charge is 2.27. The Balaban J connectivity index is 2.44. The van der Waals surface area contributed by atoms with Gasteiger partial charge in [0.1, 0.15) is 18.2 Å². The minimum atomic E-state index is -0.890. The minimum absolute atomic E-state index is 0.0462. The molecule has 2 rings (SSSR count). The van der Waals surface area contributed by atoms with Crippen molar-refractivity contribution in [1.29, 1.82) is 5.41 Å². The van der Waals surface area contributed by atoms with Crippen LogP contribution < -0.4 is 15.8 Å². The predicted molar refractivity (Wildman–Crippen MR) is 113 cm³/mol. The first kappa shape index (κ1) is 21.3. The number of methoxy groups -OCH3 is 1. The number of hydrogen-bond acceptors (Lipinski definition) is 6. The van der Waals surface area contributed by atoms with Crippen molar-refractivity contribution in [2.75, 3.05) is 25.6 Å². The summed E-state index contributed by atoms with van der Waals surface area (Å²) in [6.07, 6.45) is 0. The second-order valence-corrected chi connectivity index (χ2v) is 7.07. The van der Waals surface area contributed by atoms with Crippen LogP contribution in [-0.4, -0.2) is 37.2 Å². The molecule has 0 bridgehead atoms. The lowest BCUT2D eigenvalue weighted by Gasteiger charge is -2.22. The molecule has 144 valence electrons. The molecule has 1 unspecified atom stereocenters. The number of benzene rings is 2. The molecule has 2 aromatic carbocycles. The summed E-state index contributed by atoms with van der Waals surface area (Å²) in [5.74, 6) is -0.134. The van der Waals surface area contributed by atoms with Crippen molar-refractivity contribution in [3.05, 3.63) is 56.1 Å². The van der Waals surface area contributed by atoms with Crippen LogP contribution in [0.5, 0.6) is 5.75 Å². The van der Waals surface area contributed by atoms with Crippen molar-refractivity contribution < 1.29 is 19.4 Å². The first-order chi connectivity index (χ1) is 12.9. The van der Waals surface area contributed by atoms with Gasteiger partial charge in [-0.25, -0.2) is 4.79 Å². The van der Waals surface area contributed by atoms with Gasteiger partial charge in [-0.05, 0) is 59.0 Å². The molecule has 0 aliphatic heterocycles. The van der Waals surface area contributed by atoms with E-state index in [0.29, 0.717) is 31.2 Å². The number of nitrogen functional groups attached to an aromatic ring is 1. The molecule has 2 aromatic rings. The van der Waals surface area contributed by atoms with Gasteiger partial charge in [0.25, 0.3) is 0 Å². The minimum Gasteiger partial charge on any atom is -0.490 e. The average Bonchev–Trinajstić information content (AvgIpc) is 2.64. The number of carbonyl (C=O) groups is 1. The Bertz CT molecular complexity index is 830. The lowest BCUT2D eigenvalue weighted by atomic mass is 10.0. The van der Waals surface area contributed by atoms with Crippen molar-refractivity contribution in [3.8, 4) is 5.75 Å². The molecule has 0 aliphatic rings. The van der Waals surface area contributed by atoms with Crippen LogP contribution in [0, 0.1) is 8.98 Å². The summed E-state index contributed by atoms with van der Waals surface area (Å²) in [6.45, 7) is -0.0905. The third kappa shape index (κ3) is 5.47. The van der Waals surface area contributed by atoms with E-state index in [2.05, 4.69) is 27.9 Å². The lowest BCUT2D eigenvalue weighted by Crippen LogP contribution is -2.24. The Morgan fingerprint density at radius 1 is 1.37 bits per heavy atom. The highest BCUT2D eigenvalue weighted by Crippen LogP contribution is 2.36. The number of aliphatic hydroxyl groups is 1. The van der Waals surface area contributed by atoms with Gasteiger partial charge in [-0.15, -0.1) is 0 Å². The summed E-state index contributed by atoms with van der Waals surface area (Å²) < 4.78 is 11.3. The van der Waals surface area contributed by atoms with Crippen LogP contribution in [-0.2, 0) is 9.53 Å². The maximum absolute atomic E-state index is 12.5. The molecule has 0 heterocycles. The van der Waals surface area contributed by atoms with E-state index in [0.717, 1.165) is 0 Å².